The first-order valence-corrected chi connectivity index (χ1v) is 7.68. The summed E-state index contributed by atoms with van der Waals surface area (Å²) in [4.78, 5) is 11.7. The van der Waals surface area contributed by atoms with E-state index >= 15 is 0 Å². The summed E-state index contributed by atoms with van der Waals surface area (Å²) in [5.74, 6) is -0.189. The van der Waals surface area contributed by atoms with Gasteiger partial charge in [0.15, 0.2) is 0 Å². The molecule has 0 radical (unpaired) electrons. The molecule has 0 bridgehead atoms. The summed E-state index contributed by atoms with van der Waals surface area (Å²) in [7, 11) is 0. The molecule has 0 aromatic rings. The van der Waals surface area contributed by atoms with Gasteiger partial charge in [-0.15, -0.1) is 0 Å². The van der Waals surface area contributed by atoms with Gasteiger partial charge in [0.25, 0.3) is 0 Å². The van der Waals surface area contributed by atoms with Gasteiger partial charge in [-0.3, -0.25) is 0 Å². The minimum absolute atomic E-state index is 0.173. The van der Waals surface area contributed by atoms with Crippen LogP contribution in [-0.4, -0.2) is 34.0 Å². The quantitative estimate of drug-likeness (QED) is 0.533. The molecule has 1 aliphatic rings. The average molecular weight is 296 g/mol. The maximum atomic E-state index is 11.7. The Morgan fingerprint density at radius 3 is 2.67 bits per heavy atom. The number of ether oxygens (including phenoxy) is 1. The molecule has 0 saturated heterocycles. The van der Waals surface area contributed by atoms with Gasteiger partial charge in [0, 0.05) is 6.08 Å². The lowest BCUT2D eigenvalue weighted by Gasteiger charge is -2.23. The zero-order valence-electron chi connectivity index (χ0n) is 13.5. The van der Waals surface area contributed by atoms with Crippen LogP contribution in [0.2, 0.25) is 0 Å². The molecule has 1 rings (SSSR count). The highest BCUT2D eigenvalue weighted by Crippen LogP contribution is 2.21. The van der Waals surface area contributed by atoms with Crippen LogP contribution < -0.4 is 0 Å². The highest BCUT2D eigenvalue weighted by atomic mass is 16.5. The number of aliphatic hydroxyl groups excluding tert-OH is 1. The van der Waals surface area contributed by atoms with E-state index in [1.54, 1.807) is 6.92 Å². The Morgan fingerprint density at radius 1 is 1.33 bits per heavy atom. The molecule has 0 spiro atoms. The normalized spacial score (nSPS) is 36.6. The lowest BCUT2D eigenvalue weighted by Crippen LogP contribution is -2.25. The van der Waals surface area contributed by atoms with Crippen molar-refractivity contribution in [3.8, 4) is 0 Å². The fourth-order valence-corrected chi connectivity index (χ4v) is 2.27. The van der Waals surface area contributed by atoms with Crippen LogP contribution in [0.4, 0.5) is 0 Å². The number of esters is 1. The highest BCUT2D eigenvalue weighted by Gasteiger charge is 2.21. The summed E-state index contributed by atoms with van der Waals surface area (Å²) in [5, 5.41) is 20.3. The predicted octanol–water partition coefficient (Wildman–Crippen LogP) is 2.74. The summed E-state index contributed by atoms with van der Waals surface area (Å²) in [6.07, 6.45) is 6.63. The molecule has 0 saturated carbocycles. The second kappa shape index (κ2) is 7.76. The molecular weight excluding hydrogens is 268 g/mol. The van der Waals surface area contributed by atoms with Crippen LogP contribution in [0.5, 0.6) is 0 Å². The van der Waals surface area contributed by atoms with Crippen molar-refractivity contribution >= 4 is 5.97 Å². The Balaban J connectivity index is 2.87. The lowest BCUT2D eigenvalue weighted by molar-refractivity contribution is -0.144. The Bertz CT molecular complexity index is 409. The second-order valence-electron chi connectivity index (χ2n) is 6.39. The van der Waals surface area contributed by atoms with Gasteiger partial charge in [-0.25, -0.2) is 4.79 Å². The largest absolute Gasteiger partial charge is 0.459 e. The highest BCUT2D eigenvalue weighted by molar-refractivity contribution is 5.82. The van der Waals surface area contributed by atoms with Crippen LogP contribution in [0.15, 0.2) is 23.8 Å². The Morgan fingerprint density at radius 2 is 2.00 bits per heavy atom. The van der Waals surface area contributed by atoms with Gasteiger partial charge in [-0.2, -0.15) is 0 Å². The molecule has 1 aliphatic heterocycles. The van der Waals surface area contributed by atoms with Crippen molar-refractivity contribution in [3.63, 3.8) is 0 Å². The maximum Gasteiger partial charge on any atom is 0.330 e. The van der Waals surface area contributed by atoms with Crippen LogP contribution in [-0.2, 0) is 9.53 Å². The number of allylic oxidation sites excluding steroid dienone is 1. The Hall–Kier alpha value is -1.13. The fourth-order valence-electron chi connectivity index (χ4n) is 2.27. The molecule has 0 aliphatic carbocycles. The number of hydrogen-bond donors (Lipinski definition) is 2. The molecule has 0 aromatic carbocycles. The third kappa shape index (κ3) is 6.44. The first-order valence-electron chi connectivity index (χ1n) is 7.68. The molecule has 2 N–H and O–H groups in total. The number of rotatable bonds is 0. The van der Waals surface area contributed by atoms with Crippen LogP contribution in [0.25, 0.3) is 0 Å². The number of carbonyl (C=O) groups is 1. The van der Waals surface area contributed by atoms with E-state index in [0.717, 1.165) is 18.4 Å². The van der Waals surface area contributed by atoms with E-state index in [9.17, 15) is 15.0 Å². The van der Waals surface area contributed by atoms with Crippen LogP contribution in [0.1, 0.15) is 53.4 Å². The smallest absolute Gasteiger partial charge is 0.330 e. The van der Waals surface area contributed by atoms with Crippen molar-refractivity contribution in [2.45, 2.75) is 71.2 Å². The fraction of sp³-hybridized carbons (Fsp3) is 0.706. The molecule has 4 unspecified atom stereocenters. The van der Waals surface area contributed by atoms with E-state index in [4.69, 9.17) is 4.74 Å². The summed E-state index contributed by atoms with van der Waals surface area (Å²) in [5.41, 5.74) is -0.192. The number of carbonyl (C=O) groups excluding carboxylic acids is 1. The summed E-state index contributed by atoms with van der Waals surface area (Å²) in [6, 6.07) is 0. The van der Waals surface area contributed by atoms with Gasteiger partial charge >= 0.3 is 5.97 Å². The van der Waals surface area contributed by atoms with Gasteiger partial charge in [0.05, 0.1) is 11.7 Å². The van der Waals surface area contributed by atoms with Gasteiger partial charge < -0.3 is 14.9 Å². The van der Waals surface area contributed by atoms with Crippen molar-refractivity contribution in [1.29, 1.82) is 0 Å². The topological polar surface area (TPSA) is 66.8 Å². The lowest BCUT2D eigenvalue weighted by atomic mass is 9.93. The SMILES string of the molecule is CC1=CCCC(C)C(C)OC(=O)C=CC(C)(O)CCC1O. The summed E-state index contributed by atoms with van der Waals surface area (Å²) in [6.45, 7) is 7.46. The Labute approximate surface area is 127 Å². The predicted molar refractivity (Wildman–Crippen MR) is 82.7 cm³/mol. The first kappa shape index (κ1) is 17.9. The molecule has 120 valence electrons. The van der Waals surface area contributed by atoms with Crippen molar-refractivity contribution in [1.82, 2.24) is 0 Å². The molecule has 1 heterocycles. The Kier molecular flexibility index (Phi) is 6.62. The molecule has 4 heteroatoms. The molecule has 0 aromatic heterocycles. The third-order valence-electron chi connectivity index (χ3n) is 4.22. The number of aliphatic hydroxyl groups is 2. The van der Waals surface area contributed by atoms with Gasteiger partial charge in [-0.05, 0) is 64.0 Å². The molecule has 4 atom stereocenters. The summed E-state index contributed by atoms with van der Waals surface area (Å²) >= 11 is 0. The molecular formula is C17H28O4. The monoisotopic (exact) mass is 296 g/mol. The first-order chi connectivity index (χ1) is 9.71. The van der Waals surface area contributed by atoms with Crippen LogP contribution >= 0.6 is 0 Å². The minimum atomic E-state index is -1.13. The summed E-state index contributed by atoms with van der Waals surface area (Å²) < 4.78 is 5.34. The van der Waals surface area contributed by atoms with E-state index in [-0.39, 0.29) is 12.0 Å². The van der Waals surface area contributed by atoms with E-state index in [1.165, 1.54) is 12.2 Å². The third-order valence-corrected chi connectivity index (χ3v) is 4.22. The second-order valence-corrected chi connectivity index (χ2v) is 6.39. The minimum Gasteiger partial charge on any atom is -0.459 e. The molecule has 21 heavy (non-hydrogen) atoms. The van der Waals surface area contributed by atoms with E-state index in [1.807, 2.05) is 26.8 Å². The standard InChI is InChI=1S/C17H28O4/c1-12-6-5-7-13(2)15(18)8-10-17(4,20)11-9-16(19)21-14(12)3/h7,9,11-12,14-15,18,20H,5-6,8,10H2,1-4H3. The number of hydrogen-bond acceptors (Lipinski definition) is 4. The van der Waals surface area contributed by atoms with Gasteiger partial charge in [-0.1, -0.05) is 13.0 Å². The number of cyclic esters (lactones) is 1. The van der Waals surface area contributed by atoms with Crippen LogP contribution in [0.3, 0.4) is 0 Å². The zero-order valence-corrected chi connectivity index (χ0v) is 13.5. The van der Waals surface area contributed by atoms with Crippen molar-refractivity contribution in [2.75, 3.05) is 0 Å². The molecule has 4 nitrogen and oxygen atoms in total. The van der Waals surface area contributed by atoms with E-state index in [0.29, 0.717) is 12.8 Å². The van der Waals surface area contributed by atoms with Gasteiger partial charge in [0.2, 0.25) is 0 Å². The van der Waals surface area contributed by atoms with E-state index in [2.05, 4.69) is 0 Å². The van der Waals surface area contributed by atoms with Crippen molar-refractivity contribution < 1.29 is 19.7 Å². The average Bonchev–Trinajstić information content (AvgIpc) is 2.41. The maximum absolute atomic E-state index is 11.7. The van der Waals surface area contributed by atoms with E-state index < -0.39 is 17.7 Å². The van der Waals surface area contributed by atoms with Crippen molar-refractivity contribution in [2.24, 2.45) is 5.92 Å². The van der Waals surface area contributed by atoms with Gasteiger partial charge in [0.1, 0.15) is 6.10 Å². The van der Waals surface area contributed by atoms with Crippen molar-refractivity contribution in [3.05, 3.63) is 23.8 Å². The molecule has 0 amide bonds. The van der Waals surface area contributed by atoms with Crippen LogP contribution in [0, 0.1) is 5.92 Å². The zero-order chi connectivity index (χ0) is 16.0. The molecule has 0 fully saturated rings.